The van der Waals surface area contributed by atoms with Crippen molar-refractivity contribution in [1.29, 1.82) is 0 Å². The van der Waals surface area contributed by atoms with Gasteiger partial charge in [-0.1, -0.05) is 24.3 Å². The smallest absolute Gasteiger partial charge is 0.213 e. The average molecular weight is 420 g/mol. The van der Waals surface area contributed by atoms with Crippen molar-refractivity contribution in [3.63, 3.8) is 0 Å². The fourth-order valence-corrected chi connectivity index (χ4v) is 4.82. The van der Waals surface area contributed by atoms with Crippen molar-refractivity contribution in [2.24, 2.45) is 4.99 Å². The van der Waals surface area contributed by atoms with Crippen LogP contribution < -0.4 is 15.5 Å². The highest BCUT2D eigenvalue weighted by Gasteiger charge is 2.27. The molecule has 1 aromatic rings. The maximum absolute atomic E-state index is 12.0. The van der Waals surface area contributed by atoms with Crippen molar-refractivity contribution in [3.05, 3.63) is 42.0 Å². The van der Waals surface area contributed by atoms with Crippen LogP contribution in [-0.2, 0) is 16.6 Å². The van der Waals surface area contributed by atoms with E-state index in [4.69, 9.17) is 4.99 Å². The van der Waals surface area contributed by atoms with E-state index < -0.39 is 10.0 Å². The Balaban J connectivity index is 1.57. The lowest BCUT2D eigenvalue weighted by molar-refractivity contribution is 0.306. The van der Waals surface area contributed by atoms with Gasteiger partial charge in [0.1, 0.15) is 0 Å². The molecule has 2 aliphatic rings. The molecule has 0 amide bonds. The quantitative estimate of drug-likeness (QED) is 0.401. The number of nitrogens with one attached hydrogen (secondary N) is 2. The minimum Gasteiger partial charge on any atom is -0.364 e. The zero-order chi connectivity index (χ0) is 20.7. The number of piperidine rings is 1. The first kappa shape index (κ1) is 21.6. The molecule has 2 N–H and O–H groups in total. The second-order valence-corrected chi connectivity index (χ2v) is 9.72. The number of benzene rings is 1. The Bertz CT molecular complexity index is 821. The summed E-state index contributed by atoms with van der Waals surface area (Å²) in [7, 11) is -3.09. The van der Waals surface area contributed by atoms with Crippen molar-refractivity contribution in [3.8, 4) is 0 Å². The van der Waals surface area contributed by atoms with Crippen LogP contribution in [0.3, 0.4) is 0 Å². The first-order chi connectivity index (χ1) is 14.0. The van der Waals surface area contributed by atoms with E-state index in [-0.39, 0.29) is 11.8 Å². The van der Waals surface area contributed by atoms with E-state index in [0.29, 0.717) is 19.6 Å². The molecular formula is C21H33N5O2S. The molecule has 1 fully saturated rings. The Kier molecular flexibility index (Phi) is 7.55. The highest BCUT2D eigenvalue weighted by molar-refractivity contribution is 7.89. The number of rotatable bonds is 7. The SMILES string of the molecule is CCNC(=NCc1cccc(N2CC=CC2)c1)NC1CCN(S(=O)(=O)CC)CC1. The monoisotopic (exact) mass is 419 g/mol. The van der Waals surface area contributed by atoms with Crippen LogP contribution >= 0.6 is 0 Å². The van der Waals surface area contributed by atoms with Gasteiger partial charge in [-0.15, -0.1) is 0 Å². The lowest BCUT2D eigenvalue weighted by Crippen LogP contribution is -2.50. The molecule has 160 valence electrons. The van der Waals surface area contributed by atoms with E-state index in [1.54, 1.807) is 11.2 Å². The van der Waals surface area contributed by atoms with Crippen molar-refractivity contribution in [2.75, 3.05) is 43.4 Å². The van der Waals surface area contributed by atoms with E-state index >= 15 is 0 Å². The highest BCUT2D eigenvalue weighted by Crippen LogP contribution is 2.19. The van der Waals surface area contributed by atoms with Gasteiger partial charge >= 0.3 is 0 Å². The van der Waals surface area contributed by atoms with Gasteiger partial charge < -0.3 is 15.5 Å². The van der Waals surface area contributed by atoms with Crippen LogP contribution in [0, 0.1) is 0 Å². The number of aliphatic imine (C=N–C) groups is 1. The van der Waals surface area contributed by atoms with Gasteiger partial charge in [0.25, 0.3) is 0 Å². The normalized spacial score (nSPS) is 19.0. The number of guanidine groups is 1. The van der Waals surface area contributed by atoms with Crippen LogP contribution in [0.5, 0.6) is 0 Å². The van der Waals surface area contributed by atoms with Gasteiger partial charge in [-0.05, 0) is 44.4 Å². The maximum atomic E-state index is 12.0. The first-order valence-electron chi connectivity index (χ1n) is 10.5. The molecule has 8 heteroatoms. The van der Waals surface area contributed by atoms with Crippen LogP contribution in [0.4, 0.5) is 5.69 Å². The minimum absolute atomic E-state index is 0.168. The van der Waals surface area contributed by atoms with Crippen molar-refractivity contribution in [1.82, 2.24) is 14.9 Å². The molecule has 1 aromatic carbocycles. The lowest BCUT2D eigenvalue weighted by Gasteiger charge is -2.32. The second kappa shape index (κ2) is 10.1. The van der Waals surface area contributed by atoms with Gasteiger partial charge in [-0.2, -0.15) is 0 Å². The number of sulfonamides is 1. The third kappa shape index (κ3) is 5.96. The van der Waals surface area contributed by atoms with Gasteiger partial charge in [0.2, 0.25) is 10.0 Å². The Hall–Kier alpha value is -2.06. The standard InChI is InChI=1S/C21H33N5O2S/c1-3-22-21(24-19-10-14-26(15-11-19)29(27,28)4-2)23-17-18-8-7-9-20(16-18)25-12-5-6-13-25/h5-9,16,19H,3-4,10-15,17H2,1-2H3,(H2,22,23,24). The Labute approximate surface area is 174 Å². The Morgan fingerprint density at radius 3 is 2.55 bits per heavy atom. The van der Waals surface area contributed by atoms with E-state index in [0.717, 1.165) is 38.4 Å². The average Bonchev–Trinajstić information content (AvgIpc) is 3.28. The lowest BCUT2D eigenvalue weighted by atomic mass is 10.1. The molecule has 0 radical (unpaired) electrons. The third-order valence-corrected chi connectivity index (χ3v) is 7.29. The highest BCUT2D eigenvalue weighted by atomic mass is 32.2. The summed E-state index contributed by atoms with van der Waals surface area (Å²) in [5.74, 6) is 0.958. The third-order valence-electron chi connectivity index (χ3n) is 5.41. The molecule has 2 aliphatic heterocycles. The van der Waals surface area contributed by atoms with E-state index in [2.05, 4.69) is 58.9 Å². The van der Waals surface area contributed by atoms with Crippen LogP contribution in [0.15, 0.2) is 41.4 Å². The molecule has 7 nitrogen and oxygen atoms in total. The van der Waals surface area contributed by atoms with Crippen molar-refractivity contribution >= 4 is 21.7 Å². The summed E-state index contributed by atoms with van der Waals surface area (Å²) in [6, 6.07) is 8.77. The van der Waals surface area contributed by atoms with Gasteiger partial charge in [0.05, 0.1) is 12.3 Å². The minimum atomic E-state index is -3.09. The molecule has 29 heavy (non-hydrogen) atoms. The summed E-state index contributed by atoms with van der Waals surface area (Å²) in [5.41, 5.74) is 2.40. The van der Waals surface area contributed by atoms with Gasteiger partial charge in [0, 0.05) is 44.5 Å². The Morgan fingerprint density at radius 2 is 1.90 bits per heavy atom. The van der Waals surface area contributed by atoms with E-state index in [9.17, 15) is 8.42 Å². The number of hydrogen-bond acceptors (Lipinski definition) is 4. The summed E-state index contributed by atoms with van der Waals surface area (Å²) < 4.78 is 25.7. The molecule has 0 saturated carbocycles. The molecule has 2 heterocycles. The van der Waals surface area contributed by atoms with Crippen LogP contribution in [0.1, 0.15) is 32.3 Å². The molecule has 1 saturated heterocycles. The molecule has 0 aliphatic carbocycles. The number of hydrogen-bond donors (Lipinski definition) is 2. The fraction of sp³-hybridized carbons (Fsp3) is 0.571. The largest absolute Gasteiger partial charge is 0.364 e. The van der Waals surface area contributed by atoms with Crippen LogP contribution in [0.25, 0.3) is 0 Å². The summed E-state index contributed by atoms with van der Waals surface area (Å²) in [5, 5.41) is 6.79. The fourth-order valence-electron chi connectivity index (χ4n) is 3.69. The molecule has 0 spiro atoms. The summed E-state index contributed by atoms with van der Waals surface area (Å²) >= 11 is 0. The summed E-state index contributed by atoms with van der Waals surface area (Å²) in [6.07, 6.45) is 5.96. The van der Waals surface area contributed by atoms with E-state index in [1.165, 1.54) is 11.3 Å². The van der Waals surface area contributed by atoms with Gasteiger partial charge in [-0.3, -0.25) is 0 Å². The first-order valence-corrected chi connectivity index (χ1v) is 12.1. The van der Waals surface area contributed by atoms with Crippen molar-refractivity contribution in [2.45, 2.75) is 39.3 Å². The predicted molar refractivity (Wildman–Crippen MR) is 120 cm³/mol. The number of anilines is 1. The molecule has 0 atom stereocenters. The zero-order valence-corrected chi connectivity index (χ0v) is 18.3. The van der Waals surface area contributed by atoms with Crippen LogP contribution in [-0.4, -0.2) is 63.2 Å². The molecule has 0 bridgehead atoms. The molecule has 0 aromatic heterocycles. The zero-order valence-electron chi connectivity index (χ0n) is 17.5. The molecule has 3 rings (SSSR count). The summed E-state index contributed by atoms with van der Waals surface area (Å²) in [4.78, 5) is 7.09. The van der Waals surface area contributed by atoms with Crippen LogP contribution in [0.2, 0.25) is 0 Å². The van der Waals surface area contributed by atoms with Crippen molar-refractivity contribution < 1.29 is 8.42 Å². The van der Waals surface area contributed by atoms with Gasteiger partial charge in [-0.25, -0.2) is 17.7 Å². The topological polar surface area (TPSA) is 77.0 Å². The molecule has 0 unspecified atom stereocenters. The molecular weight excluding hydrogens is 386 g/mol. The maximum Gasteiger partial charge on any atom is 0.213 e. The second-order valence-electron chi connectivity index (χ2n) is 7.46. The van der Waals surface area contributed by atoms with Gasteiger partial charge in [0.15, 0.2) is 5.96 Å². The van der Waals surface area contributed by atoms with E-state index in [1.807, 2.05) is 0 Å². The predicted octanol–water partition coefficient (Wildman–Crippen LogP) is 1.93. The Morgan fingerprint density at radius 1 is 1.17 bits per heavy atom. The summed E-state index contributed by atoms with van der Waals surface area (Å²) in [6.45, 7) is 8.20. The number of nitrogens with zero attached hydrogens (tertiary/aromatic N) is 3.